The minimum absolute atomic E-state index is 0.0904. The van der Waals surface area contributed by atoms with Gasteiger partial charge >= 0.3 is 18.1 Å². The second kappa shape index (κ2) is 13.3. The molecule has 1 saturated carbocycles. The van der Waals surface area contributed by atoms with Gasteiger partial charge in [0.05, 0.1) is 11.0 Å². The number of halogens is 3. The Hall–Kier alpha value is -4.34. The molecule has 4 aromatic rings. The summed E-state index contributed by atoms with van der Waals surface area (Å²) in [6.45, 7) is 2.66. The summed E-state index contributed by atoms with van der Waals surface area (Å²) in [6, 6.07) is 19.7. The molecule has 7 nitrogen and oxygen atoms in total. The van der Waals surface area contributed by atoms with Crippen LogP contribution in [0.15, 0.2) is 66.7 Å². The fraction of sp³-hybridized carbons (Fsp3) is 0.364. The molecule has 43 heavy (non-hydrogen) atoms. The lowest BCUT2D eigenvalue weighted by Crippen LogP contribution is -2.39. The summed E-state index contributed by atoms with van der Waals surface area (Å²) in [4.78, 5) is 29.1. The van der Waals surface area contributed by atoms with Gasteiger partial charge in [-0.15, -0.1) is 0 Å². The number of hydrogen-bond acceptors (Lipinski definition) is 3. The van der Waals surface area contributed by atoms with Crippen LogP contribution >= 0.6 is 0 Å². The average Bonchev–Trinajstić information content (AvgIpc) is 3.33. The molecule has 3 N–H and O–H groups in total. The van der Waals surface area contributed by atoms with Gasteiger partial charge in [-0.25, -0.2) is 9.78 Å². The molecule has 1 aliphatic rings. The van der Waals surface area contributed by atoms with Crippen LogP contribution in [0, 0.1) is 0 Å². The highest BCUT2D eigenvalue weighted by Crippen LogP contribution is 2.30. The zero-order valence-electron chi connectivity index (χ0n) is 24.1. The van der Waals surface area contributed by atoms with E-state index in [1.54, 1.807) is 18.2 Å². The van der Waals surface area contributed by atoms with Gasteiger partial charge in [0.1, 0.15) is 5.82 Å². The first-order chi connectivity index (χ1) is 20.7. The van der Waals surface area contributed by atoms with Crippen molar-refractivity contribution in [3.63, 3.8) is 0 Å². The first kappa shape index (κ1) is 30.1. The highest BCUT2D eigenvalue weighted by molar-refractivity contribution is 5.98. The van der Waals surface area contributed by atoms with Gasteiger partial charge in [-0.05, 0) is 54.7 Å². The molecule has 1 aromatic heterocycles. The fourth-order valence-electron chi connectivity index (χ4n) is 5.56. The number of urea groups is 1. The molecule has 0 aliphatic heterocycles. The van der Waals surface area contributed by atoms with E-state index in [0.29, 0.717) is 23.4 Å². The summed E-state index contributed by atoms with van der Waals surface area (Å²) >= 11 is 0. The van der Waals surface area contributed by atoms with Gasteiger partial charge in [0, 0.05) is 35.9 Å². The van der Waals surface area contributed by atoms with Crippen molar-refractivity contribution in [3.05, 3.63) is 78.1 Å². The number of nitrogens with one attached hydrogen (secondary N) is 3. The normalized spacial score (nSPS) is 14.0. The number of rotatable bonds is 9. The standard InChI is InChI=1S/C33H36F3N5O2/c1-2-3-13-30-39-28-19-18-25(38-32(43)37-24-9-5-4-6-10-24)20-29(28)41(30)21-22-14-16-23(17-15-22)26-11-7-8-12-27(26)40-31(42)33(34,35)36/h7-8,11-12,14-20,24H,2-6,9-10,13,21H2,1H3,(H,40,42)(H2,37,38,43). The van der Waals surface area contributed by atoms with Crippen molar-refractivity contribution in [2.45, 2.75) is 77.1 Å². The van der Waals surface area contributed by atoms with E-state index in [0.717, 1.165) is 67.4 Å². The topological polar surface area (TPSA) is 88.1 Å². The second-order valence-electron chi connectivity index (χ2n) is 11.0. The highest BCUT2D eigenvalue weighted by Gasteiger charge is 2.39. The van der Waals surface area contributed by atoms with Crippen molar-refractivity contribution in [3.8, 4) is 11.1 Å². The van der Waals surface area contributed by atoms with Crippen LogP contribution in [0.5, 0.6) is 0 Å². The molecular weight excluding hydrogens is 555 g/mol. The largest absolute Gasteiger partial charge is 0.471 e. The molecule has 0 bridgehead atoms. The Kier molecular flexibility index (Phi) is 9.33. The Morgan fingerprint density at radius 1 is 0.953 bits per heavy atom. The number of unbranched alkanes of at least 4 members (excludes halogenated alkanes) is 1. The fourth-order valence-corrected chi connectivity index (χ4v) is 5.56. The van der Waals surface area contributed by atoms with Crippen molar-refractivity contribution in [1.82, 2.24) is 14.9 Å². The van der Waals surface area contributed by atoms with Crippen LogP contribution in [0.3, 0.4) is 0 Å². The number of hydrogen-bond donors (Lipinski definition) is 3. The Labute approximate surface area is 248 Å². The van der Waals surface area contributed by atoms with E-state index in [4.69, 9.17) is 4.98 Å². The van der Waals surface area contributed by atoms with Crippen molar-refractivity contribution in [2.75, 3.05) is 10.6 Å². The van der Waals surface area contributed by atoms with Crippen LogP contribution in [-0.2, 0) is 17.8 Å². The monoisotopic (exact) mass is 591 g/mol. The van der Waals surface area contributed by atoms with Crippen LogP contribution in [0.2, 0.25) is 0 Å². The zero-order valence-corrected chi connectivity index (χ0v) is 24.1. The van der Waals surface area contributed by atoms with E-state index in [2.05, 4.69) is 22.1 Å². The molecule has 5 rings (SSSR count). The van der Waals surface area contributed by atoms with Crippen LogP contribution in [0.1, 0.15) is 63.3 Å². The third-order valence-corrected chi connectivity index (χ3v) is 7.82. The molecule has 0 spiro atoms. The Balaban J connectivity index is 1.37. The molecule has 1 aliphatic carbocycles. The number of para-hydroxylation sites is 1. The van der Waals surface area contributed by atoms with Crippen molar-refractivity contribution in [2.24, 2.45) is 0 Å². The average molecular weight is 592 g/mol. The predicted octanol–water partition coefficient (Wildman–Crippen LogP) is 8.05. The van der Waals surface area contributed by atoms with Crippen LogP contribution in [0.25, 0.3) is 22.2 Å². The highest BCUT2D eigenvalue weighted by atomic mass is 19.4. The minimum Gasteiger partial charge on any atom is -0.335 e. The van der Waals surface area contributed by atoms with E-state index < -0.39 is 12.1 Å². The van der Waals surface area contributed by atoms with Crippen LogP contribution < -0.4 is 16.0 Å². The lowest BCUT2D eigenvalue weighted by atomic mass is 9.96. The number of aryl methyl sites for hydroxylation is 1. The third-order valence-electron chi connectivity index (χ3n) is 7.82. The summed E-state index contributed by atoms with van der Waals surface area (Å²) in [5, 5.41) is 8.06. The van der Waals surface area contributed by atoms with Gasteiger partial charge < -0.3 is 20.5 Å². The number of alkyl halides is 3. The molecule has 226 valence electrons. The van der Waals surface area contributed by atoms with Gasteiger partial charge in [0.25, 0.3) is 0 Å². The molecule has 3 amide bonds. The molecular formula is C33H36F3N5O2. The van der Waals surface area contributed by atoms with Gasteiger partial charge in [-0.2, -0.15) is 13.2 Å². The molecule has 1 fully saturated rings. The quantitative estimate of drug-likeness (QED) is 0.184. The lowest BCUT2D eigenvalue weighted by Gasteiger charge is -2.22. The van der Waals surface area contributed by atoms with E-state index in [1.807, 2.05) is 47.8 Å². The van der Waals surface area contributed by atoms with E-state index in [9.17, 15) is 22.8 Å². The number of aromatic nitrogens is 2. The number of nitrogens with zero attached hydrogens (tertiary/aromatic N) is 2. The number of fused-ring (bicyclic) bond motifs is 1. The maximum Gasteiger partial charge on any atom is 0.471 e. The number of carbonyl (C=O) groups is 2. The maximum absolute atomic E-state index is 12.9. The molecule has 1 heterocycles. The summed E-state index contributed by atoms with van der Waals surface area (Å²) in [6.07, 6.45) is 3.34. The van der Waals surface area contributed by atoms with Crippen molar-refractivity contribution in [1.29, 1.82) is 0 Å². The predicted molar refractivity (Wildman–Crippen MR) is 163 cm³/mol. The zero-order chi connectivity index (χ0) is 30.4. The molecule has 0 saturated heterocycles. The molecule has 0 radical (unpaired) electrons. The SMILES string of the molecule is CCCCc1nc2ccc(NC(=O)NC3CCCCC3)cc2n1Cc1ccc(-c2ccccc2NC(=O)C(F)(F)F)cc1. The summed E-state index contributed by atoms with van der Waals surface area (Å²) in [5.74, 6) is -1.06. The summed E-state index contributed by atoms with van der Waals surface area (Å²) in [5.41, 5.74) is 4.68. The summed E-state index contributed by atoms with van der Waals surface area (Å²) in [7, 11) is 0. The molecule has 10 heteroatoms. The van der Waals surface area contributed by atoms with Crippen LogP contribution in [0.4, 0.5) is 29.3 Å². The third kappa shape index (κ3) is 7.55. The van der Waals surface area contributed by atoms with E-state index in [1.165, 1.54) is 12.5 Å². The van der Waals surface area contributed by atoms with Crippen LogP contribution in [-0.4, -0.2) is 33.7 Å². The molecule has 0 atom stereocenters. The second-order valence-corrected chi connectivity index (χ2v) is 11.0. The minimum atomic E-state index is -4.98. The lowest BCUT2D eigenvalue weighted by molar-refractivity contribution is -0.167. The number of amides is 3. The number of benzene rings is 3. The maximum atomic E-state index is 12.9. The Morgan fingerprint density at radius 2 is 1.70 bits per heavy atom. The first-order valence-corrected chi connectivity index (χ1v) is 14.8. The number of anilines is 2. The van der Waals surface area contributed by atoms with Crippen molar-refractivity contribution >= 4 is 34.3 Å². The molecule has 0 unspecified atom stereocenters. The Bertz CT molecular complexity index is 1570. The molecule has 3 aromatic carbocycles. The van der Waals surface area contributed by atoms with E-state index in [-0.39, 0.29) is 17.8 Å². The van der Waals surface area contributed by atoms with Gasteiger partial charge in [-0.1, -0.05) is 75.1 Å². The van der Waals surface area contributed by atoms with Crippen molar-refractivity contribution < 1.29 is 22.8 Å². The Morgan fingerprint density at radius 3 is 2.42 bits per heavy atom. The van der Waals surface area contributed by atoms with Gasteiger partial charge in [-0.3, -0.25) is 4.79 Å². The number of carbonyl (C=O) groups excluding carboxylic acids is 2. The smallest absolute Gasteiger partial charge is 0.335 e. The number of imidazole rings is 1. The van der Waals surface area contributed by atoms with Gasteiger partial charge in [0.15, 0.2) is 0 Å². The first-order valence-electron chi connectivity index (χ1n) is 14.8. The van der Waals surface area contributed by atoms with E-state index >= 15 is 0 Å². The van der Waals surface area contributed by atoms with Gasteiger partial charge in [0.2, 0.25) is 0 Å². The summed E-state index contributed by atoms with van der Waals surface area (Å²) < 4.78 is 40.7.